The average Bonchev–Trinajstić information content (AvgIpc) is 2.91. The van der Waals surface area contributed by atoms with Gasteiger partial charge in [-0.15, -0.1) is 0 Å². The van der Waals surface area contributed by atoms with Crippen LogP contribution in [-0.4, -0.2) is 49.1 Å². The van der Waals surface area contributed by atoms with Crippen LogP contribution in [0.1, 0.15) is 18.5 Å². The second kappa shape index (κ2) is 7.40. The summed E-state index contributed by atoms with van der Waals surface area (Å²) in [7, 11) is 3.15. The fourth-order valence-electron chi connectivity index (χ4n) is 2.24. The Hall–Kier alpha value is -1.89. The Morgan fingerprint density at radius 3 is 2.68 bits per heavy atom. The highest BCUT2D eigenvalue weighted by Gasteiger charge is 2.24. The minimum atomic E-state index is -0.183. The zero-order valence-corrected chi connectivity index (χ0v) is 13.7. The van der Waals surface area contributed by atoms with E-state index in [0.29, 0.717) is 18.0 Å². The lowest BCUT2D eigenvalue weighted by Gasteiger charge is -2.19. The number of amides is 2. The van der Waals surface area contributed by atoms with E-state index in [0.717, 1.165) is 11.3 Å². The van der Waals surface area contributed by atoms with E-state index in [1.165, 1.54) is 11.8 Å². The van der Waals surface area contributed by atoms with Crippen LogP contribution in [0.2, 0.25) is 0 Å². The molecule has 7 heteroatoms. The molecule has 22 heavy (non-hydrogen) atoms. The van der Waals surface area contributed by atoms with Gasteiger partial charge in [-0.25, -0.2) is 0 Å². The van der Waals surface area contributed by atoms with Crippen molar-refractivity contribution in [3.8, 4) is 11.5 Å². The lowest BCUT2D eigenvalue weighted by Crippen LogP contribution is -2.38. The molecule has 1 aliphatic rings. The predicted octanol–water partition coefficient (Wildman–Crippen LogP) is 2.05. The van der Waals surface area contributed by atoms with Crippen molar-refractivity contribution >= 4 is 22.9 Å². The van der Waals surface area contributed by atoms with Gasteiger partial charge in [-0.2, -0.15) is 0 Å². The molecule has 0 saturated carbocycles. The molecule has 1 aliphatic heterocycles. The molecule has 120 valence electrons. The molecule has 6 nitrogen and oxygen atoms in total. The van der Waals surface area contributed by atoms with Crippen LogP contribution >= 0.6 is 11.8 Å². The lowest BCUT2D eigenvalue weighted by molar-refractivity contribution is -0.122. The third kappa shape index (κ3) is 3.85. The van der Waals surface area contributed by atoms with Gasteiger partial charge in [0.25, 0.3) is 5.24 Å². The topological polar surface area (TPSA) is 67.9 Å². The van der Waals surface area contributed by atoms with Crippen molar-refractivity contribution < 1.29 is 19.1 Å². The predicted molar refractivity (Wildman–Crippen MR) is 85.5 cm³/mol. The van der Waals surface area contributed by atoms with Gasteiger partial charge in [0.1, 0.15) is 6.54 Å². The van der Waals surface area contributed by atoms with Gasteiger partial charge in [0.05, 0.1) is 20.3 Å². The monoisotopic (exact) mass is 324 g/mol. The first kappa shape index (κ1) is 16.5. The first-order valence-electron chi connectivity index (χ1n) is 6.98. The molecule has 0 spiro atoms. The number of rotatable bonds is 6. The molecule has 0 aromatic heterocycles. The number of hydrogen-bond donors (Lipinski definition) is 1. The van der Waals surface area contributed by atoms with Gasteiger partial charge in [0.2, 0.25) is 5.91 Å². The smallest absolute Gasteiger partial charge is 0.282 e. The highest BCUT2D eigenvalue weighted by atomic mass is 32.2. The van der Waals surface area contributed by atoms with Crippen molar-refractivity contribution in [1.29, 1.82) is 0 Å². The number of benzene rings is 1. The summed E-state index contributed by atoms with van der Waals surface area (Å²) in [5.41, 5.74) is 0.910. The maximum atomic E-state index is 12.0. The quantitative estimate of drug-likeness (QED) is 0.867. The van der Waals surface area contributed by atoms with Gasteiger partial charge >= 0.3 is 0 Å². The summed E-state index contributed by atoms with van der Waals surface area (Å²) in [6.45, 7) is 2.62. The summed E-state index contributed by atoms with van der Waals surface area (Å²) in [5, 5.41) is 2.86. The highest BCUT2D eigenvalue weighted by Crippen LogP contribution is 2.29. The molecule has 1 atom stereocenters. The Bertz CT molecular complexity index is 564. The number of carbonyl (C=O) groups is 2. The van der Waals surface area contributed by atoms with Crippen LogP contribution in [0, 0.1) is 0 Å². The molecule has 1 unspecified atom stereocenters. The van der Waals surface area contributed by atoms with Crippen molar-refractivity contribution in [3.63, 3.8) is 0 Å². The number of methoxy groups -OCH3 is 2. The van der Waals surface area contributed by atoms with Crippen molar-refractivity contribution in [1.82, 2.24) is 10.2 Å². The third-order valence-electron chi connectivity index (χ3n) is 3.46. The summed E-state index contributed by atoms with van der Waals surface area (Å²) in [6, 6.07) is 5.33. The first-order valence-corrected chi connectivity index (χ1v) is 7.96. The third-order valence-corrected chi connectivity index (χ3v) is 4.36. The Labute approximate surface area is 134 Å². The first-order chi connectivity index (χ1) is 10.5. The minimum absolute atomic E-state index is 0.0334. The summed E-state index contributed by atoms with van der Waals surface area (Å²) < 4.78 is 10.5. The molecule has 0 bridgehead atoms. The van der Waals surface area contributed by atoms with Crippen LogP contribution in [0.15, 0.2) is 18.2 Å². The van der Waals surface area contributed by atoms with Crippen LogP contribution in [0.25, 0.3) is 0 Å². The molecule has 1 N–H and O–H groups in total. The molecule has 2 amide bonds. The summed E-state index contributed by atoms with van der Waals surface area (Å²) >= 11 is 1.25. The Balaban J connectivity index is 1.97. The van der Waals surface area contributed by atoms with E-state index in [1.807, 2.05) is 19.1 Å². The van der Waals surface area contributed by atoms with E-state index in [4.69, 9.17) is 9.47 Å². The van der Waals surface area contributed by atoms with E-state index in [-0.39, 0.29) is 23.7 Å². The van der Waals surface area contributed by atoms with Crippen LogP contribution in [0.4, 0.5) is 4.79 Å². The van der Waals surface area contributed by atoms with Gasteiger partial charge in [-0.05, 0) is 24.6 Å². The van der Waals surface area contributed by atoms with Crippen LogP contribution in [-0.2, 0) is 4.79 Å². The van der Waals surface area contributed by atoms with Crippen LogP contribution < -0.4 is 14.8 Å². The molecule has 2 rings (SSSR count). The summed E-state index contributed by atoms with van der Waals surface area (Å²) in [6.07, 6.45) is 0. The number of nitrogens with zero attached hydrogens (tertiary/aromatic N) is 1. The molecule has 1 saturated heterocycles. The van der Waals surface area contributed by atoms with E-state index in [2.05, 4.69) is 5.32 Å². The number of thioether (sulfide) groups is 1. The fourth-order valence-corrected chi connectivity index (χ4v) is 3.06. The Kier molecular flexibility index (Phi) is 5.54. The molecular formula is C15H20N2O4S. The largest absolute Gasteiger partial charge is 0.493 e. The lowest BCUT2D eigenvalue weighted by atomic mass is 10.1. The summed E-state index contributed by atoms with van der Waals surface area (Å²) in [5.74, 6) is 1.84. The zero-order chi connectivity index (χ0) is 16.1. The van der Waals surface area contributed by atoms with Gasteiger partial charge in [-0.1, -0.05) is 17.8 Å². The highest BCUT2D eigenvalue weighted by molar-refractivity contribution is 8.13. The minimum Gasteiger partial charge on any atom is -0.493 e. The van der Waals surface area contributed by atoms with E-state index >= 15 is 0 Å². The van der Waals surface area contributed by atoms with Crippen molar-refractivity contribution in [2.24, 2.45) is 0 Å². The van der Waals surface area contributed by atoms with Gasteiger partial charge < -0.3 is 19.7 Å². The molecular weight excluding hydrogens is 304 g/mol. The van der Waals surface area contributed by atoms with E-state index in [1.54, 1.807) is 25.2 Å². The number of hydrogen-bond acceptors (Lipinski definition) is 5. The van der Waals surface area contributed by atoms with Crippen LogP contribution in [0.3, 0.4) is 0 Å². The fraction of sp³-hybridized carbons (Fsp3) is 0.467. The summed E-state index contributed by atoms with van der Waals surface area (Å²) in [4.78, 5) is 25.1. The maximum Gasteiger partial charge on any atom is 0.282 e. The molecule has 1 aromatic rings. The van der Waals surface area contributed by atoms with Gasteiger partial charge in [0.15, 0.2) is 11.5 Å². The van der Waals surface area contributed by atoms with Crippen molar-refractivity contribution in [2.45, 2.75) is 13.0 Å². The molecule has 1 heterocycles. The van der Waals surface area contributed by atoms with Crippen molar-refractivity contribution in [2.75, 3.05) is 33.1 Å². The van der Waals surface area contributed by atoms with Gasteiger partial charge in [0, 0.05) is 12.3 Å². The van der Waals surface area contributed by atoms with E-state index in [9.17, 15) is 9.59 Å². The Morgan fingerprint density at radius 1 is 1.36 bits per heavy atom. The molecule has 0 aliphatic carbocycles. The van der Waals surface area contributed by atoms with E-state index < -0.39 is 0 Å². The molecule has 1 aromatic carbocycles. The second-order valence-corrected chi connectivity index (χ2v) is 5.99. The Morgan fingerprint density at radius 2 is 2.09 bits per heavy atom. The maximum absolute atomic E-state index is 12.0. The normalized spacial score (nSPS) is 15.6. The molecule has 1 fully saturated rings. The number of ether oxygens (including phenoxy) is 2. The standard InChI is InChI=1S/C15H20N2O4S/c1-10(11-4-5-12(20-2)13(8-11)21-3)16-14(18)9-17-6-7-22-15(17)19/h4-5,8,10H,6-7,9H2,1-3H3,(H,16,18). The molecule has 0 radical (unpaired) electrons. The number of nitrogens with one attached hydrogen (secondary N) is 1. The second-order valence-electron chi connectivity index (χ2n) is 4.94. The van der Waals surface area contributed by atoms with Gasteiger partial charge in [-0.3, -0.25) is 9.59 Å². The SMILES string of the molecule is COc1ccc(C(C)NC(=O)CN2CCSC2=O)cc1OC. The average molecular weight is 324 g/mol. The van der Waals surface area contributed by atoms with Crippen LogP contribution in [0.5, 0.6) is 11.5 Å². The zero-order valence-electron chi connectivity index (χ0n) is 12.9. The number of carbonyl (C=O) groups excluding carboxylic acids is 2. The van der Waals surface area contributed by atoms with Crippen molar-refractivity contribution in [3.05, 3.63) is 23.8 Å².